The van der Waals surface area contributed by atoms with E-state index in [1.54, 1.807) is 41.7 Å². The molecule has 2 heterocycles. The predicted octanol–water partition coefficient (Wildman–Crippen LogP) is 3.87. The molecule has 0 atom stereocenters. The Labute approximate surface area is 143 Å². The minimum absolute atomic E-state index is 0.0354. The summed E-state index contributed by atoms with van der Waals surface area (Å²) in [6.45, 7) is 5.44. The quantitative estimate of drug-likeness (QED) is 0.580. The number of hydrogen-bond donors (Lipinski definition) is 1. The Balaban J connectivity index is 1.78. The van der Waals surface area contributed by atoms with Gasteiger partial charge in [-0.2, -0.15) is 0 Å². The molecule has 5 nitrogen and oxygen atoms in total. The van der Waals surface area contributed by atoms with E-state index in [0.29, 0.717) is 11.3 Å². The summed E-state index contributed by atoms with van der Waals surface area (Å²) in [6.07, 6.45) is 5.24. The average molecular weight is 339 g/mol. The number of hydrogen-bond acceptors (Lipinski definition) is 4. The van der Waals surface area contributed by atoms with Crippen molar-refractivity contribution in [2.45, 2.75) is 20.8 Å². The van der Waals surface area contributed by atoms with Gasteiger partial charge in [-0.1, -0.05) is 12.1 Å². The predicted molar refractivity (Wildman–Crippen MR) is 96.7 cm³/mol. The Bertz CT molecular complexity index is 966. The molecule has 0 bridgehead atoms. The molecule has 0 saturated carbocycles. The normalized spacial score (nSPS) is 11.3. The zero-order chi connectivity index (χ0) is 17.3. The second kappa shape index (κ2) is 6.41. The Morgan fingerprint density at radius 3 is 2.83 bits per heavy atom. The number of carbonyl (C=O) groups excluding carboxylic acids is 2. The molecule has 122 valence electrons. The summed E-state index contributed by atoms with van der Waals surface area (Å²) in [7, 11) is 0. The van der Waals surface area contributed by atoms with E-state index in [9.17, 15) is 9.59 Å². The summed E-state index contributed by atoms with van der Waals surface area (Å²) in [4.78, 5) is 30.1. The number of carbonyl (C=O) groups is 2. The van der Waals surface area contributed by atoms with Crippen molar-refractivity contribution < 1.29 is 9.59 Å². The Kier molecular flexibility index (Phi) is 4.31. The van der Waals surface area contributed by atoms with Gasteiger partial charge in [-0.05, 0) is 39.0 Å². The monoisotopic (exact) mass is 339 g/mol. The van der Waals surface area contributed by atoms with Gasteiger partial charge in [-0.25, -0.2) is 4.98 Å². The first kappa shape index (κ1) is 16.1. The lowest BCUT2D eigenvalue weighted by Gasteiger charge is -2.03. The molecule has 0 saturated heterocycles. The number of imidazole rings is 1. The van der Waals surface area contributed by atoms with Gasteiger partial charge >= 0.3 is 0 Å². The molecular weight excluding hydrogens is 322 g/mol. The van der Waals surface area contributed by atoms with Crippen LogP contribution >= 0.6 is 11.3 Å². The van der Waals surface area contributed by atoms with E-state index in [2.05, 4.69) is 10.3 Å². The van der Waals surface area contributed by atoms with Gasteiger partial charge in [-0.3, -0.25) is 14.0 Å². The summed E-state index contributed by atoms with van der Waals surface area (Å²) in [5.74, 6) is -0.288. The van der Waals surface area contributed by atoms with Crippen LogP contribution < -0.4 is 5.32 Å². The van der Waals surface area contributed by atoms with Crippen molar-refractivity contribution in [3.05, 3.63) is 58.4 Å². The van der Waals surface area contributed by atoms with Crippen LogP contribution in [0.3, 0.4) is 0 Å². The second-order valence-corrected chi connectivity index (χ2v) is 6.75. The zero-order valence-electron chi connectivity index (χ0n) is 13.7. The molecule has 0 spiro atoms. The van der Waals surface area contributed by atoms with Gasteiger partial charge < -0.3 is 5.32 Å². The number of anilines is 1. The van der Waals surface area contributed by atoms with E-state index in [4.69, 9.17) is 0 Å². The number of ketones is 1. The van der Waals surface area contributed by atoms with Gasteiger partial charge in [0.25, 0.3) is 0 Å². The van der Waals surface area contributed by atoms with Crippen LogP contribution in [0.5, 0.6) is 0 Å². The number of fused-ring (bicyclic) bond motifs is 1. The third-order valence-corrected chi connectivity index (χ3v) is 4.49. The van der Waals surface area contributed by atoms with Gasteiger partial charge in [0.2, 0.25) is 5.91 Å². The first-order chi connectivity index (χ1) is 11.4. The van der Waals surface area contributed by atoms with Crippen molar-refractivity contribution in [3.63, 3.8) is 0 Å². The number of aromatic nitrogens is 2. The number of nitrogens with zero attached hydrogens (tertiary/aromatic N) is 2. The highest BCUT2D eigenvalue weighted by Crippen LogP contribution is 2.21. The van der Waals surface area contributed by atoms with Gasteiger partial charge in [0.15, 0.2) is 10.7 Å². The van der Waals surface area contributed by atoms with Crippen LogP contribution in [0.25, 0.3) is 11.0 Å². The molecule has 3 aromatic rings. The fourth-order valence-electron chi connectivity index (χ4n) is 2.44. The molecule has 0 aliphatic rings. The summed E-state index contributed by atoms with van der Waals surface area (Å²) in [6, 6.07) is 6.88. The Morgan fingerprint density at radius 1 is 1.29 bits per heavy atom. The summed E-state index contributed by atoms with van der Waals surface area (Å²) >= 11 is 1.61. The summed E-state index contributed by atoms with van der Waals surface area (Å²) in [5.41, 5.74) is 2.93. The standard InChI is InChI=1S/C18H17N3O2S/c1-11-10-21-16(12(2)19-18(21)24-11)7-8-17(23)20-15-6-4-5-14(9-15)13(3)22/h4-10H,1-3H3,(H,20,23)/b8-7+. The average Bonchev–Trinajstić information content (AvgIpc) is 3.00. The smallest absolute Gasteiger partial charge is 0.248 e. The molecule has 0 radical (unpaired) electrons. The first-order valence-corrected chi connectivity index (χ1v) is 8.31. The van der Waals surface area contributed by atoms with E-state index >= 15 is 0 Å². The van der Waals surface area contributed by atoms with Gasteiger partial charge in [0, 0.05) is 28.4 Å². The SMILES string of the molecule is CC(=O)c1cccc(NC(=O)/C=C/c2c(C)nc3sc(C)cn23)c1. The van der Waals surface area contributed by atoms with Gasteiger partial charge in [0.1, 0.15) is 0 Å². The number of Topliss-reactive ketones (excluding diaryl/α,β-unsaturated/α-hetero) is 1. The van der Waals surface area contributed by atoms with Crippen molar-refractivity contribution in [3.8, 4) is 0 Å². The molecule has 6 heteroatoms. The number of benzene rings is 1. The van der Waals surface area contributed by atoms with Crippen LogP contribution in [0.15, 0.2) is 36.5 Å². The van der Waals surface area contributed by atoms with Crippen LogP contribution in [0.2, 0.25) is 0 Å². The van der Waals surface area contributed by atoms with Crippen LogP contribution in [-0.4, -0.2) is 21.1 Å². The van der Waals surface area contributed by atoms with E-state index in [1.807, 2.05) is 24.4 Å². The highest BCUT2D eigenvalue weighted by atomic mass is 32.1. The maximum absolute atomic E-state index is 12.1. The third-order valence-electron chi connectivity index (χ3n) is 3.59. The number of rotatable bonds is 4. The minimum atomic E-state index is -0.253. The van der Waals surface area contributed by atoms with Crippen molar-refractivity contribution in [2.75, 3.05) is 5.32 Å². The lowest BCUT2D eigenvalue weighted by Crippen LogP contribution is -2.08. The van der Waals surface area contributed by atoms with Crippen molar-refractivity contribution in [1.82, 2.24) is 9.38 Å². The van der Waals surface area contributed by atoms with E-state index in [0.717, 1.165) is 21.2 Å². The van der Waals surface area contributed by atoms with E-state index in [-0.39, 0.29) is 11.7 Å². The lowest BCUT2D eigenvalue weighted by atomic mass is 10.1. The molecule has 0 unspecified atom stereocenters. The largest absolute Gasteiger partial charge is 0.322 e. The topological polar surface area (TPSA) is 63.5 Å². The number of thiazole rings is 1. The maximum Gasteiger partial charge on any atom is 0.248 e. The van der Waals surface area contributed by atoms with Crippen LogP contribution in [0.1, 0.15) is 33.5 Å². The molecule has 1 aromatic carbocycles. The third kappa shape index (κ3) is 3.28. The highest BCUT2D eigenvalue weighted by molar-refractivity contribution is 7.17. The van der Waals surface area contributed by atoms with Gasteiger partial charge in [-0.15, -0.1) is 11.3 Å². The maximum atomic E-state index is 12.1. The highest BCUT2D eigenvalue weighted by Gasteiger charge is 2.09. The Hall–Kier alpha value is -2.73. The molecule has 0 aliphatic carbocycles. The molecule has 3 rings (SSSR count). The van der Waals surface area contributed by atoms with Crippen molar-refractivity contribution in [1.29, 1.82) is 0 Å². The number of aryl methyl sites for hydroxylation is 2. The fraction of sp³-hybridized carbons (Fsp3) is 0.167. The minimum Gasteiger partial charge on any atom is -0.322 e. The molecular formula is C18H17N3O2S. The van der Waals surface area contributed by atoms with Crippen molar-refractivity contribution in [2.24, 2.45) is 0 Å². The lowest BCUT2D eigenvalue weighted by molar-refractivity contribution is -0.111. The molecule has 0 fully saturated rings. The van der Waals surface area contributed by atoms with E-state index < -0.39 is 0 Å². The fourth-order valence-corrected chi connectivity index (χ4v) is 3.31. The molecule has 2 aromatic heterocycles. The van der Waals surface area contributed by atoms with Crippen LogP contribution in [-0.2, 0) is 4.79 Å². The molecule has 24 heavy (non-hydrogen) atoms. The molecule has 0 aliphatic heterocycles. The number of nitrogens with one attached hydrogen (secondary N) is 1. The first-order valence-electron chi connectivity index (χ1n) is 7.49. The van der Waals surface area contributed by atoms with Crippen LogP contribution in [0.4, 0.5) is 5.69 Å². The molecule has 1 N–H and O–H groups in total. The Morgan fingerprint density at radius 2 is 2.08 bits per heavy atom. The number of amides is 1. The zero-order valence-corrected chi connectivity index (χ0v) is 14.5. The van der Waals surface area contributed by atoms with E-state index in [1.165, 1.54) is 13.0 Å². The summed E-state index contributed by atoms with van der Waals surface area (Å²) < 4.78 is 1.98. The molecule has 1 amide bonds. The summed E-state index contributed by atoms with van der Waals surface area (Å²) in [5, 5.41) is 2.77. The van der Waals surface area contributed by atoms with Gasteiger partial charge in [0.05, 0.1) is 11.4 Å². The van der Waals surface area contributed by atoms with Crippen LogP contribution in [0, 0.1) is 13.8 Å². The second-order valence-electron chi connectivity index (χ2n) is 5.54. The van der Waals surface area contributed by atoms with Crippen molar-refractivity contribution >= 4 is 39.8 Å².